The number of amides is 3. The summed E-state index contributed by atoms with van der Waals surface area (Å²) in [5.41, 5.74) is 0.530. The Morgan fingerprint density at radius 3 is 2.35 bits per heavy atom. The van der Waals surface area contributed by atoms with Crippen LogP contribution >= 0.6 is 27.5 Å². The average molecular weight is 436 g/mol. The fourth-order valence-electron chi connectivity index (χ4n) is 5.09. The number of likely N-dealkylation sites (tertiary alicyclic amines) is 1. The number of hydrogen-bond acceptors (Lipinski definition) is 3. The number of carbonyl (C=O) groups is 3. The van der Waals surface area contributed by atoms with Crippen LogP contribution in [0.3, 0.4) is 0 Å². The first-order valence-electron chi connectivity index (χ1n) is 8.74. The highest BCUT2D eigenvalue weighted by Crippen LogP contribution is 2.65. The van der Waals surface area contributed by atoms with Crippen LogP contribution in [0, 0.1) is 35.5 Å². The van der Waals surface area contributed by atoms with Crippen LogP contribution in [0.15, 0.2) is 34.8 Å². The molecule has 0 aromatic heterocycles. The summed E-state index contributed by atoms with van der Waals surface area (Å²) in [5.74, 6) is 0.155. The van der Waals surface area contributed by atoms with Gasteiger partial charge >= 0.3 is 0 Å². The molecule has 0 spiro atoms. The van der Waals surface area contributed by atoms with E-state index in [9.17, 15) is 14.4 Å². The monoisotopic (exact) mass is 434 g/mol. The molecule has 6 rings (SSSR count). The Morgan fingerprint density at radius 1 is 1.15 bits per heavy atom. The van der Waals surface area contributed by atoms with Gasteiger partial charge < -0.3 is 5.32 Å². The summed E-state index contributed by atoms with van der Waals surface area (Å²) in [6.45, 7) is -0.243. The highest BCUT2D eigenvalue weighted by atomic mass is 79.9. The summed E-state index contributed by atoms with van der Waals surface area (Å²) in [5, 5.41) is 3.18. The van der Waals surface area contributed by atoms with Crippen LogP contribution in [0.25, 0.3) is 0 Å². The number of allylic oxidation sites excluding steroid dienone is 2. The SMILES string of the molecule is O=C(CN1C(=O)[C@@H]2[C@H]3C=C[C@@H]([C@@H]4C[C@@H]34)[C@@H]2C1=O)Nc1ccc(Br)c(Cl)c1. The maximum Gasteiger partial charge on any atom is 0.244 e. The Balaban J connectivity index is 1.32. The summed E-state index contributed by atoms with van der Waals surface area (Å²) in [6.07, 6.45) is 5.37. The quantitative estimate of drug-likeness (QED) is 0.586. The van der Waals surface area contributed by atoms with Crippen LogP contribution in [0.1, 0.15) is 6.42 Å². The second kappa shape index (κ2) is 5.67. The van der Waals surface area contributed by atoms with Gasteiger partial charge in [0.2, 0.25) is 17.7 Å². The molecule has 0 unspecified atom stereocenters. The lowest BCUT2D eigenvalue weighted by Crippen LogP contribution is -2.40. The maximum absolute atomic E-state index is 12.9. The number of halogens is 2. The molecule has 1 saturated heterocycles. The molecule has 0 radical (unpaired) electrons. The van der Waals surface area contributed by atoms with Gasteiger partial charge in [-0.25, -0.2) is 0 Å². The molecule has 5 nitrogen and oxygen atoms in total. The van der Waals surface area contributed by atoms with Gasteiger partial charge in [0.1, 0.15) is 6.54 Å². The van der Waals surface area contributed by atoms with Gasteiger partial charge in [0.05, 0.1) is 16.9 Å². The minimum Gasteiger partial charge on any atom is -0.324 e. The number of anilines is 1. The van der Waals surface area contributed by atoms with Crippen LogP contribution in [-0.4, -0.2) is 29.2 Å². The molecule has 26 heavy (non-hydrogen) atoms. The van der Waals surface area contributed by atoms with E-state index in [0.29, 0.717) is 22.5 Å². The number of rotatable bonds is 3. The van der Waals surface area contributed by atoms with Gasteiger partial charge in [-0.05, 0) is 64.2 Å². The molecule has 134 valence electrons. The number of imide groups is 1. The average Bonchev–Trinajstić information content (AvgIpc) is 3.39. The minimum atomic E-state index is -0.394. The molecule has 1 aromatic carbocycles. The lowest BCUT2D eigenvalue weighted by atomic mass is 9.63. The van der Waals surface area contributed by atoms with E-state index in [0.717, 1.165) is 15.8 Å². The van der Waals surface area contributed by atoms with Crippen molar-refractivity contribution in [2.75, 3.05) is 11.9 Å². The van der Waals surface area contributed by atoms with Crippen molar-refractivity contribution in [3.63, 3.8) is 0 Å². The Morgan fingerprint density at radius 2 is 1.77 bits per heavy atom. The highest BCUT2D eigenvalue weighted by Gasteiger charge is 2.67. The normalized spacial score (nSPS) is 36.2. The van der Waals surface area contributed by atoms with Gasteiger partial charge in [-0.2, -0.15) is 0 Å². The molecular formula is C19H16BrClN2O3. The Kier molecular flexibility index (Phi) is 3.60. The minimum absolute atomic E-state index is 0.171. The van der Waals surface area contributed by atoms with Gasteiger partial charge in [0.25, 0.3) is 0 Å². The van der Waals surface area contributed by atoms with E-state index in [-0.39, 0.29) is 42.0 Å². The molecule has 1 aromatic rings. The van der Waals surface area contributed by atoms with Crippen LogP contribution < -0.4 is 5.32 Å². The van der Waals surface area contributed by atoms with Crippen molar-refractivity contribution in [2.45, 2.75) is 6.42 Å². The van der Waals surface area contributed by atoms with Crippen molar-refractivity contribution in [1.29, 1.82) is 0 Å². The topological polar surface area (TPSA) is 66.5 Å². The Bertz CT molecular complexity index is 850. The standard InChI is InChI=1S/C19H16BrClN2O3/c20-13-4-1-8(5-14(13)21)22-15(24)7-23-18(25)16-9-2-3-10(12-6-11(9)12)17(16)19(23)26/h1-5,9-12,16-17H,6-7H2,(H,22,24)/t9-,10-,11-,12-,16-,17+/m0/s1. The summed E-state index contributed by atoms with van der Waals surface area (Å²) in [6, 6.07) is 5.06. The van der Waals surface area contributed by atoms with E-state index < -0.39 is 5.91 Å². The summed E-state index contributed by atoms with van der Waals surface area (Å²) in [7, 11) is 0. The number of benzene rings is 1. The Hall–Kier alpha value is -1.66. The summed E-state index contributed by atoms with van der Waals surface area (Å²) < 4.78 is 0.729. The molecule has 5 aliphatic rings. The number of nitrogens with zero attached hydrogens (tertiary/aromatic N) is 1. The van der Waals surface area contributed by atoms with E-state index in [1.165, 1.54) is 0 Å². The van der Waals surface area contributed by atoms with E-state index in [1.54, 1.807) is 18.2 Å². The lowest BCUT2D eigenvalue weighted by molar-refractivity contribution is -0.142. The molecule has 3 fully saturated rings. The van der Waals surface area contributed by atoms with Crippen molar-refractivity contribution in [1.82, 2.24) is 4.90 Å². The predicted molar refractivity (Wildman–Crippen MR) is 99.2 cm³/mol. The largest absolute Gasteiger partial charge is 0.324 e. The van der Waals surface area contributed by atoms with Crippen molar-refractivity contribution < 1.29 is 14.4 Å². The maximum atomic E-state index is 12.9. The van der Waals surface area contributed by atoms with E-state index in [4.69, 9.17) is 11.6 Å². The third-order valence-corrected chi connectivity index (χ3v) is 7.49. The first-order chi connectivity index (χ1) is 12.5. The highest BCUT2D eigenvalue weighted by molar-refractivity contribution is 9.10. The van der Waals surface area contributed by atoms with E-state index >= 15 is 0 Å². The van der Waals surface area contributed by atoms with Crippen molar-refractivity contribution in [3.05, 3.63) is 39.8 Å². The second-order valence-electron chi connectivity index (χ2n) is 7.59. The Labute approximate surface area is 163 Å². The van der Waals surface area contributed by atoms with Gasteiger partial charge in [-0.1, -0.05) is 23.8 Å². The smallest absolute Gasteiger partial charge is 0.244 e. The molecule has 2 bridgehead atoms. The van der Waals surface area contributed by atoms with E-state index in [1.807, 2.05) is 0 Å². The van der Waals surface area contributed by atoms with Crippen molar-refractivity contribution >= 4 is 50.9 Å². The molecule has 1 N–H and O–H groups in total. The third kappa shape index (κ3) is 2.31. The molecule has 2 saturated carbocycles. The van der Waals surface area contributed by atoms with Crippen LogP contribution in [0.4, 0.5) is 5.69 Å². The predicted octanol–water partition coefficient (Wildman–Crippen LogP) is 3.09. The fourth-order valence-corrected chi connectivity index (χ4v) is 5.52. The molecule has 1 heterocycles. The van der Waals surface area contributed by atoms with E-state index in [2.05, 4.69) is 33.4 Å². The van der Waals surface area contributed by atoms with Gasteiger partial charge in [0, 0.05) is 10.2 Å². The number of nitrogens with one attached hydrogen (secondary N) is 1. The zero-order valence-corrected chi connectivity index (χ0v) is 16.0. The van der Waals surface area contributed by atoms with Gasteiger partial charge in [0.15, 0.2) is 0 Å². The molecule has 6 atom stereocenters. The van der Waals surface area contributed by atoms with Crippen LogP contribution in [0.2, 0.25) is 5.02 Å². The fraction of sp³-hybridized carbons (Fsp3) is 0.421. The molecule has 1 aliphatic heterocycles. The summed E-state index contributed by atoms with van der Waals surface area (Å²) in [4.78, 5) is 39.3. The number of carbonyl (C=O) groups excluding carboxylic acids is 3. The molecule has 7 heteroatoms. The first-order valence-corrected chi connectivity index (χ1v) is 9.91. The number of hydrogen-bond donors (Lipinski definition) is 1. The van der Waals surface area contributed by atoms with Crippen molar-refractivity contribution in [2.24, 2.45) is 35.5 Å². The van der Waals surface area contributed by atoms with Gasteiger partial charge in [-0.3, -0.25) is 19.3 Å². The zero-order valence-electron chi connectivity index (χ0n) is 13.7. The van der Waals surface area contributed by atoms with Crippen LogP contribution in [0.5, 0.6) is 0 Å². The first kappa shape index (κ1) is 16.5. The molecular weight excluding hydrogens is 420 g/mol. The second-order valence-corrected chi connectivity index (χ2v) is 8.86. The summed E-state index contributed by atoms with van der Waals surface area (Å²) >= 11 is 9.32. The molecule has 4 aliphatic carbocycles. The van der Waals surface area contributed by atoms with Crippen molar-refractivity contribution in [3.8, 4) is 0 Å². The molecule has 3 amide bonds. The lowest BCUT2D eigenvalue weighted by Gasteiger charge is -2.37. The third-order valence-electron chi connectivity index (χ3n) is 6.26. The zero-order chi connectivity index (χ0) is 18.2. The van der Waals surface area contributed by atoms with Gasteiger partial charge in [-0.15, -0.1) is 0 Å². The van der Waals surface area contributed by atoms with Crippen LogP contribution in [-0.2, 0) is 14.4 Å².